The van der Waals surface area contributed by atoms with Crippen LogP contribution >= 0.6 is 0 Å². The predicted octanol–water partition coefficient (Wildman–Crippen LogP) is 4.91. The van der Waals surface area contributed by atoms with E-state index in [1.807, 2.05) is 84.3 Å². The van der Waals surface area contributed by atoms with Gasteiger partial charge in [0.15, 0.2) is 0 Å². The smallest absolute Gasteiger partial charge is 0.251 e. The molecule has 6 heteroatoms. The third-order valence-electron chi connectivity index (χ3n) is 5.96. The highest BCUT2D eigenvalue weighted by molar-refractivity contribution is 5.95. The van der Waals surface area contributed by atoms with E-state index in [-0.39, 0.29) is 18.4 Å². The number of hydrogen-bond acceptors (Lipinski definition) is 3. The average molecular weight is 455 g/mol. The van der Waals surface area contributed by atoms with Gasteiger partial charge in [0, 0.05) is 24.2 Å². The van der Waals surface area contributed by atoms with Crippen molar-refractivity contribution in [2.75, 3.05) is 11.9 Å². The van der Waals surface area contributed by atoms with E-state index in [0.717, 1.165) is 46.5 Å². The van der Waals surface area contributed by atoms with Crippen LogP contribution in [-0.4, -0.2) is 27.9 Å². The van der Waals surface area contributed by atoms with Crippen LogP contribution in [0.3, 0.4) is 0 Å². The van der Waals surface area contributed by atoms with E-state index >= 15 is 0 Å². The molecule has 1 aromatic heterocycles. The third kappa shape index (κ3) is 5.34. The zero-order valence-corrected chi connectivity index (χ0v) is 19.7. The first-order valence-corrected chi connectivity index (χ1v) is 11.7. The van der Waals surface area contributed by atoms with Gasteiger partial charge in [-0.25, -0.2) is 4.98 Å². The number of anilines is 1. The topological polar surface area (TPSA) is 76.0 Å². The molecule has 4 aromatic rings. The van der Waals surface area contributed by atoms with Gasteiger partial charge in [-0.15, -0.1) is 0 Å². The highest BCUT2D eigenvalue weighted by atomic mass is 16.2. The molecule has 0 unspecified atom stereocenters. The number of para-hydroxylation sites is 3. The SMILES string of the molecule is CCc1ccccc1NC(=O)Cn1c(CCCNC(=O)c2ccccc2C)nc2ccccc21. The molecule has 34 heavy (non-hydrogen) atoms. The van der Waals surface area contributed by atoms with Gasteiger partial charge < -0.3 is 15.2 Å². The first kappa shape index (κ1) is 23.2. The van der Waals surface area contributed by atoms with Gasteiger partial charge in [0.05, 0.1) is 11.0 Å². The number of hydrogen-bond donors (Lipinski definition) is 2. The summed E-state index contributed by atoms with van der Waals surface area (Å²) < 4.78 is 1.97. The van der Waals surface area contributed by atoms with Crippen LogP contribution in [0.15, 0.2) is 72.8 Å². The van der Waals surface area contributed by atoms with Crippen LogP contribution in [0.2, 0.25) is 0 Å². The maximum absolute atomic E-state index is 12.9. The maximum atomic E-state index is 12.9. The number of aromatic nitrogens is 2. The Balaban J connectivity index is 1.43. The summed E-state index contributed by atoms with van der Waals surface area (Å²) in [5.41, 5.74) is 5.40. The molecule has 2 amide bonds. The molecule has 0 aliphatic heterocycles. The maximum Gasteiger partial charge on any atom is 0.251 e. The van der Waals surface area contributed by atoms with Crippen molar-refractivity contribution in [2.24, 2.45) is 0 Å². The summed E-state index contributed by atoms with van der Waals surface area (Å²) in [5, 5.41) is 6.05. The Morgan fingerprint density at radius 1 is 0.941 bits per heavy atom. The lowest BCUT2D eigenvalue weighted by Gasteiger charge is -2.12. The molecule has 0 spiro atoms. The molecule has 174 valence electrons. The van der Waals surface area contributed by atoms with Crippen molar-refractivity contribution in [1.82, 2.24) is 14.9 Å². The summed E-state index contributed by atoms with van der Waals surface area (Å²) in [7, 11) is 0. The number of imidazole rings is 1. The summed E-state index contributed by atoms with van der Waals surface area (Å²) in [4.78, 5) is 30.2. The molecule has 0 saturated heterocycles. The van der Waals surface area contributed by atoms with E-state index in [0.29, 0.717) is 18.5 Å². The Kier molecular flexibility index (Phi) is 7.38. The molecule has 0 bridgehead atoms. The summed E-state index contributed by atoms with van der Waals surface area (Å²) in [6, 6.07) is 23.3. The number of rotatable bonds is 9. The minimum absolute atomic E-state index is 0.0689. The molecular weight excluding hydrogens is 424 g/mol. The van der Waals surface area contributed by atoms with Crippen molar-refractivity contribution in [3.8, 4) is 0 Å². The number of benzene rings is 3. The molecular formula is C28H30N4O2. The molecule has 3 aromatic carbocycles. The molecule has 6 nitrogen and oxygen atoms in total. The average Bonchev–Trinajstić information content (AvgIpc) is 3.19. The van der Waals surface area contributed by atoms with E-state index < -0.39 is 0 Å². The largest absolute Gasteiger partial charge is 0.352 e. The van der Waals surface area contributed by atoms with Crippen LogP contribution in [0.1, 0.15) is 40.7 Å². The molecule has 0 saturated carbocycles. The van der Waals surface area contributed by atoms with Crippen LogP contribution in [0.25, 0.3) is 11.0 Å². The molecule has 1 heterocycles. The van der Waals surface area contributed by atoms with Crippen molar-refractivity contribution in [2.45, 2.75) is 39.7 Å². The molecule has 0 fully saturated rings. The van der Waals surface area contributed by atoms with Crippen molar-refractivity contribution in [3.05, 3.63) is 95.3 Å². The van der Waals surface area contributed by atoms with Crippen molar-refractivity contribution in [1.29, 1.82) is 0 Å². The van der Waals surface area contributed by atoms with Gasteiger partial charge in [0.25, 0.3) is 5.91 Å². The highest BCUT2D eigenvalue weighted by Gasteiger charge is 2.15. The number of nitrogens with one attached hydrogen (secondary N) is 2. The second kappa shape index (κ2) is 10.8. The number of carbonyl (C=O) groups excluding carboxylic acids is 2. The van der Waals surface area contributed by atoms with Gasteiger partial charge >= 0.3 is 0 Å². The standard InChI is InChI=1S/C28H30N4O2/c1-3-21-12-5-7-14-23(21)31-27(33)19-32-25-16-9-8-15-24(25)30-26(32)17-10-18-29-28(34)22-13-6-4-11-20(22)2/h4-9,11-16H,3,10,17-19H2,1-2H3,(H,29,34)(H,31,33). The van der Waals surface area contributed by atoms with E-state index in [2.05, 4.69) is 17.6 Å². The first-order valence-electron chi connectivity index (χ1n) is 11.7. The Labute approximate surface area is 200 Å². The van der Waals surface area contributed by atoms with Crippen molar-refractivity contribution >= 4 is 28.5 Å². The Morgan fingerprint density at radius 3 is 2.50 bits per heavy atom. The second-order valence-electron chi connectivity index (χ2n) is 8.34. The fourth-order valence-electron chi connectivity index (χ4n) is 4.15. The van der Waals surface area contributed by atoms with E-state index in [9.17, 15) is 9.59 Å². The Bertz CT molecular complexity index is 1310. The second-order valence-corrected chi connectivity index (χ2v) is 8.34. The quantitative estimate of drug-likeness (QED) is 0.353. The van der Waals surface area contributed by atoms with Crippen LogP contribution < -0.4 is 10.6 Å². The van der Waals surface area contributed by atoms with Gasteiger partial charge in [-0.2, -0.15) is 0 Å². The lowest BCUT2D eigenvalue weighted by Crippen LogP contribution is -2.26. The van der Waals surface area contributed by atoms with E-state index in [1.165, 1.54) is 0 Å². The number of carbonyl (C=O) groups is 2. The molecule has 0 radical (unpaired) electrons. The molecule has 0 aliphatic rings. The summed E-state index contributed by atoms with van der Waals surface area (Å²) in [6.07, 6.45) is 2.23. The highest BCUT2D eigenvalue weighted by Crippen LogP contribution is 2.19. The molecule has 0 atom stereocenters. The number of aryl methyl sites for hydroxylation is 3. The zero-order chi connectivity index (χ0) is 23.9. The van der Waals surface area contributed by atoms with E-state index in [4.69, 9.17) is 4.98 Å². The Hall–Kier alpha value is -3.93. The van der Waals surface area contributed by atoms with Crippen molar-refractivity contribution < 1.29 is 9.59 Å². The number of amides is 2. The normalized spacial score (nSPS) is 10.9. The summed E-state index contributed by atoms with van der Waals surface area (Å²) in [6.45, 7) is 4.72. The number of fused-ring (bicyclic) bond motifs is 1. The van der Waals surface area contributed by atoms with Gasteiger partial charge in [-0.1, -0.05) is 55.5 Å². The third-order valence-corrected chi connectivity index (χ3v) is 5.96. The monoisotopic (exact) mass is 454 g/mol. The zero-order valence-electron chi connectivity index (χ0n) is 19.7. The predicted molar refractivity (Wildman–Crippen MR) is 136 cm³/mol. The molecule has 4 rings (SSSR count). The van der Waals surface area contributed by atoms with Gasteiger partial charge in [-0.05, 0) is 55.2 Å². The number of nitrogens with zero attached hydrogens (tertiary/aromatic N) is 2. The van der Waals surface area contributed by atoms with Crippen LogP contribution in [0, 0.1) is 6.92 Å². The Morgan fingerprint density at radius 2 is 1.68 bits per heavy atom. The van der Waals surface area contributed by atoms with Crippen molar-refractivity contribution in [3.63, 3.8) is 0 Å². The van der Waals surface area contributed by atoms with Gasteiger partial charge in [0.2, 0.25) is 5.91 Å². The van der Waals surface area contributed by atoms with Gasteiger partial charge in [0.1, 0.15) is 12.4 Å². The summed E-state index contributed by atoms with van der Waals surface area (Å²) in [5.74, 6) is 0.684. The van der Waals surface area contributed by atoms with Gasteiger partial charge in [-0.3, -0.25) is 9.59 Å². The molecule has 2 N–H and O–H groups in total. The van der Waals surface area contributed by atoms with Crippen LogP contribution in [-0.2, 0) is 24.2 Å². The fraction of sp³-hybridized carbons (Fsp3) is 0.250. The lowest BCUT2D eigenvalue weighted by atomic mass is 10.1. The van der Waals surface area contributed by atoms with Crippen LogP contribution in [0.5, 0.6) is 0 Å². The minimum Gasteiger partial charge on any atom is -0.352 e. The van der Waals surface area contributed by atoms with Crippen LogP contribution in [0.4, 0.5) is 5.69 Å². The fourth-order valence-corrected chi connectivity index (χ4v) is 4.15. The minimum atomic E-state index is -0.0850. The lowest BCUT2D eigenvalue weighted by molar-refractivity contribution is -0.116. The first-order chi connectivity index (χ1) is 16.6. The molecule has 0 aliphatic carbocycles. The summed E-state index contributed by atoms with van der Waals surface area (Å²) >= 11 is 0. The van der Waals surface area contributed by atoms with E-state index in [1.54, 1.807) is 0 Å².